The van der Waals surface area contributed by atoms with Crippen LogP contribution < -0.4 is 5.32 Å². The summed E-state index contributed by atoms with van der Waals surface area (Å²) in [5.41, 5.74) is 0. The molecule has 14 heavy (non-hydrogen) atoms. The molecule has 2 heteroatoms. The first-order valence-electron chi connectivity index (χ1n) is 5.39. The van der Waals surface area contributed by atoms with Gasteiger partial charge in [0.2, 0.25) is 0 Å². The normalized spacial score (nSPS) is 13.5. The van der Waals surface area contributed by atoms with Crippen LogP contribution in [0.2, 0.25) is 0 Å². The standard InChI is InChI=1S/C12H21NS/c1-9(2)13-8-7-10(3)12-6-5-11(4)14-12/h5-6,9-10,13H,7-8H2,1-4H3. The van der Waals surface area contributed by atoms with Crippen molar-refractivity contribution in [1.29, 1.82) is 0 Å². The van der Waals surface area contributed by atoms with E-state index in [1.54, 1.807) is 0 Å². The highest BCUT2D eigenvalue weighted by Gasteiger charge is 2.07. The fourth-order valence-corrected chi connectivity index (χ4v) is 2.41. The maximum Gasteiger partial charge on any atom is 0.00767 e. The van der Waals surface area contributed by atoms with Crippen molar-refractivity contribution in [2.45, 2.75) is 46.1 Å². The Hall–Kier alpha value is -0.340. The average Bonchev–Trinajstić information content (AvgIpc) is 2.51. The van der Waals surface area contributed by atoms with E-state index in [-0.39, 0.29) is 0 Å². The summed E-state index contributed by atoms with van der Waals surface area (Å²) in [6, 6.07) is 5.08. The van der Waals surface area contributed by atoms with Gasteiger partial charge in [0.05, 0.1) is 0 Å². The Balaban J connectivity index is 2.32. The van der Waals surface area contributed by atoms with E-state index in [1.807, 2.05) is 11.3 Å². The maximum absolute atomic E-state index is 3.46. The predicted octanol–water partition coefficient (Wildman–Crippen LogP) is 3.55. The molecule has 0 aliphatic carbocycles. The van der Waals surface area contributed by atoms with Crippen molar-refractivity contribution in [1.82, 2.24) is 5.32 Å². The van der Waals surface area contributed by atoms with Crippen molar-refractivity contribution in [2.75, 3.05) is 6.54 Å². The molecular formula is C12H21NS. The van der Waals surface area contributed by atoms with E-state index in [4.69, 9.17) is 0 Å². The lowest BCUT2D eigenvalue weighted by molar-refractivity contribution is 0.544. The highest BCUT2D eigenvalue weighted by atomic mass is 32.1. The Labute approximate surface area is 91.5 Å². The third-order valence-electron chi connectivity index (χ3n) is 2.38. The molecule has 80 valence electrons. The van der Waals surface area contributed by atoms with Gasteiger partial charge in [0.25, 0.3) is 0 Å². The molecule has 0 saturated carbocycles. The zero-order valence-electron chi connectivity index (χ0n) is 9.63. The van der Waals surface area contributed by atoms with Gasteiger partial charge < -0.3 is 5.32 Å². The van der Waals surface area contributed by atoms with Gasteiger partial charge in [0, 0.05) is 15.8 Å². The van der Waals surface area contributed by atoms with Crippen molar-refractivity contribution in [2.24, 2.45) is 0 Å². The minimum absolute atomic E-state index is 0.604. The number of aryl methyl sites for hydroxylation is 1. The molecule has 1 atom stereocenters. The summed E-state index contributed by atoms with van der Waals surface area (Å²) >= 11 is 1.93. The van der Waals surface area contributed by atoms with Crippen LogP contribution >= 0.6 is 11.3 Å². The number of hydrogen-bond donors (Lipinski definition) is 1. The highest BCUT2D eigenvalue weighted by Crippen LogP contribution is 2.26. The quantitative estimate of drug-likeness (QED) is 0.785. The first kappa shape index (κ1) is 11.7. The van der Waals surface area contributed by atoms with Crippen LogP contribution in [0, 0.1) is 6.92 Å². The zero-order valence-corrected chi connectivity index (χ0v) is 10.4. The van der Waals surface area contributed by atoms with Gasteiger partial charge in [-0.15, -0.1) is 11.3 Å². The van der Waals surface area contributed by atoms with Gasteiger partial charge >= 0.3 is 0 Å². The second kappa shape index (κ2) is 5.52. The minimum atomic E-state index is 0.604. The average molecular weight is 211 g/mol. The van der Waals surface area contributed by atoms with E-state index in [0.29, 0.717) is 12.0 Å². The summed E-state index contributed by atoms with van der Waals surface area (Å²) in [5.74, 6) is 0.694. The van der Waals surface area contributed by atoms with E-state index < -0.39 is 0 Å². The fourth-order valence-electron chi connectivity index (χ4n) is 1.45. The molecule has 0 amide bonds. The molecule has 0 aliphatic rings. The van der Waals surface area contributed by atoms with Crippen LogP contribution in [0.5, 0.6) is 0 Å². The van der Waals surface area contributed by atoms with Crippen LogP contribution in [0.4, 0.5) is 0 Å². The summed E-state index contributed by atoms with van der Waals surface area (Å²) in [4.78, 5) is 2.94. The van der Waals surface area contributed by atoms with Gasteiger partial charge in [0.1, 0.15) is 0 Å². The number of rotatable bonds is 5. The summed E-state index contributed by atoms with van der Waals surface area (Å²) in [6.45, 7) is 10.00. The minimum Gasteiger partial charge on any atom is -0.315 e. The smallest absolute Gasteiger partial charge is 0.00767 e. The van der Waals surface area contributed by atoms with Crippen LogP contribution in [0.25, 0.3) is 0 Å². The Bertz CT molecular complexity index is 265. The van der Waals surface area contributed by atoms with Crippen LogP contribution in [0.1, 0.15) is 42.9 Å². The molecule has 1 rings (SSSR count). The molecule has 0 fully saturated rings. The molecule has 1 nitrogen and oxygen atoms in total. The Kier molecular flexibility index (Phi) is 4.63. The molecule has 1 unspecified atom stereocenters. The number of nitrogens with one attached hydrogen (secondary N) is 1. The Morgan fingerprint density at radius 3 is 2.50 bits per heavy atom. The second-order valence-corrected chi connectivity index (χ2v) is 5.57. The number of hydrogen-bond acceptors (Lipinski definition) is 2. The van der Waals surface area contributed by atoms with Crippen LogP contribution in [0.15, 0.2) is 12.1 Å². The topological polar surface area (TPSA) is 12.0 Å². The third-order valence-corrected chi connectivity index (χ3v) is 3.61. The Morgan fingerprint density at radius 1 is 1.29 bits per heavy atom. The van der Waals surface area contributed by atoms with Gasteiger partial charge in [0.15, 0.2) is 0 Å². The fraction of sp³-hybridized carbons (Fsp3) is 0.667. The van der Waals surface area contributed by atoms with Gasteiger partial charge in [-0.05, 0) is 37.9 Å². The van der Waals surface area contributed by atoms with Crippen molar-refractivity contribution in [3.05, 3.63) is 21.9 Å². The van der Waals surface area contributed by atoms with E-state index in [9.17, 15) is 0 Å². The summed E-state index contributed by atoms with van der Waals surface area (Å²) in [7, 11) is 0. The molecule has 0 aliphatic heterocycles. The van der Waals surface area contributed by atoms with Crippen molar-refractivity contribution in [3.8, 4) is 0 Å². The molecule has 1 aromatic rings. The van der Waals surface area contributed by atoms with E-state index >= 15 is 0 Å². The first-order chi connectivity index (χ1) is 6.59. The molecule has 0 bridgehead atoms. The molecule has 0 aromatic carbocycles. The third kappa shape index (κ3) is 3.81. The van der Waals surface area contributed by atoms with Crippen LogP contribution in [0.3, 0.4) is 0 Å². The summed E-state index contributed by atoms with van der Waals surface area (Å²) < 4.78 is 0. The molecule has 1 heterocycles. The largest absolute Gasteiger partial charge is 0.315 e. The molecule has 0 spiro atoms. The lowest BCUT2D eigenvalue weighted by Gasteiger charge is -2.12. The van der Waals surface area contributed by atoms with Gasteiger partial charge in [-0.3, -0.25) is 0 Å². The van der Waals surface area contributed by atoms with Crippen molar-refractivity contribution >= 4 is 11.3 Å². The lowest BCUT2D eigenvalue weighted by Crippen LogP contribution is -2.24. The van der Waals surface area contributed by atoms with Crippen LogP contribution in [-0.2, 0) is 0 Å². The molecule has 1 aromatic heterocycles. The van der Waals surface area contributed by atoms with Crippen molar-refractivity contribution in [3.63, 3.8) is 0 Å². The zero-order chi connectivity index (χ0) is 10.6. The molecule has 0 saturated heterocycles. The number of thiophene rings is 1. The SMILES string of the molecule is Cc1ccc(C(C)CCNC(C)C)s1. The maximum atomic E-state index is 3.46. The second-order valence-electron chi connectivity index (χ2n) is 4.25. The first-order valence-corrected chi connectivity index (χ1v) is 6.21. The molecule has 0 radical (unpaired) electrons. The Morgan fingerprint density at radius 2 is 2.00 bits per heavy atom. The molecular weight excluding hydrogens is 190 g/mol. The lowest BCUT2D eigenvalue weighted by atomic mass is 10.1. The molecule has 1 N–H and O–H groups in total. The van der Waals surface area contributed by atoms with Gasteiger partial charge in [-0.25, -0.2) is 0 Å². The van der Waals surface area contributed by atoms with Gasteiger partial charge in [-0.1, -0.05) is 20.8 Å². The van der Waals surface area contributed by atoms with E-state index in [2.05, 4.69) is 45.1 Å². The monoisotopic (exact) mass is 211 g/mol. The highest BCUT2D eigenvalue weighted by molar-refractivity contribution is 7.12. The van der Waals surface area contributed by atoms with Crippen LogP contribution in [-0.4, -0.2) is 12.6 Å². The van der Waals surface area contributed by atoms with Crippen molar-refractivity contribution < 1.29 is 0 Å². The van der Waals surface area contributed by atoms with E-state index in [1.165, 1.54) is 16.2 Å². The van der Waals surface area contributed by atoms with Gasteiger partial charge in [-0.2, -0.15) is 0 Å². The summed E-state index contributed by atoms with van der Waals surface area (Å²) in [5, 5.41) is 3.46. The predicted molar refractivity (Wildman–Crippen MR) is 65.2 cm³/mol. The summed E-state index contributed by atoms with van der Waals surface area (Å²) in [6.07, 6.45) is 1.23. The van der Waals surface area contributed by atoms with E-state index in [0.717, 1.165) is 6.54 Å².